The van der Waals surface area contributed by atoms with E-state index in [4.69, 9.17) is 17.0 Å². The molecule has 4 nitrogen and oxygen atoms in total. The summed E-state index contributed by atoms with van der Waals surface area (Å²) in [4.78, 5) is 0. The number of para-hydroxylation sites is 1. The smallest absolute Gasteiger partial charge is 0.190 e. The maximum absolute atomic E-state index is 5.49. The van der Waals surface area contributed by atoms with Crippen molar-refractivity contribution in [2.24, 2.45) is 0 Å². The van der Waals surface area contributed by atoms with Crippen LogP contribution >= 0.6 is 12.2 Å². The molecule has 0 saturated carbocycles. The van der Waals surface area contributed by atoms with Crippen molar-refractivity contribution in [1.82, 2.24) is 10.7 Å². The van der Waals surface area contributed by atoms with Gasteiger partial charge in [0.25, 0.3) is 0 Å². The van der Waals surface area contributed by atoms with Crippen LogP contribution in [0.25, 0.3) is 0 Å². The van der Waals surface area contributed by atoms with E-state index in [1.165, 1.54) is 0 Å². The lowest BCUT2D eigenvalue weighted by Crippen LogP contribution is -2.45. The molecule has 2 N–H and O–H groups in total. The first-order valence-electron chi connectivity index (χ1n) is 7.31. The molecule has 0 spiro atoms. The van der Waals surface area contributed by atoms with E-state index in [0.717, 1.165) is 17.0 Å². The van der Waals surface area contributed by atoms with Crippen LogP contribution in [0.2, 0.25) is 0 Å². The highest BCUT2D eigenvalue weighted by Crippen LogP contribution is 2.27. The SMILES string of the molecule is CCOc1ccc([C@@]2(C)NC(=S)N(c3ccccc3)N2)cc1. The van der Waals surface area contributed by atoms with Gasteiger partial charge in [-0.2, -0.15) is 5.43 Å². The average molecular weight is 313 g/mol. The predicted molar refractivity (Wildman–Crippen MR) is 92.8 cm³/mol. The average Bonchev–Trinajstić information content (AvgIpc) is 2.85. The predicted octanol–water partition coefficient (Wildman–Crippen LogP) is 3.16. The summed E-state index contributed by atoms with van der Waals surface area (Å²) >= 11 is 5.47. The van der Waals surface area contributed by atoms with Gasteiger partial charge in [-0.15, -0.1) is 0 Å². The first kappa shape index (κ1) is 14.8. The molecule has 5 heteroatoms. The Morgan fingerprint density at radius 1 is 1.09 bits per heavy atom. The van der Waals surface area contributed by atoms with Gasteiger partial charge >= 0.3 is 0 Å². The van der Waals surface area contributed by atoms with Crippen LogP contribution in [0.3, 0.4) is 0 Å². The molecule has 1 aliphatic rings. The van der Waals surface area contributed by atoms with Crippen LogP contribution in [0.1, 0.15) is 19.4 Å². The maximum Gasteiger partial charge on any atom is 0.190 e. The number of thiocarbonyl (C=S) groups is 1. The number of nitrogens with one attached hydrogen (secondary N) is 2. The summed E-state index contributed by atoms with van der Waals surface area (Å²) in [6.45, 7) is 4.71. The van der Waals surface area contributed by atoms with E-state index in [2.05, 4.69) is 17.7 Å². The number of nitrogens with zero attached hydrogens (tertiary/aromatic N) is 1. The van der Waals surface area contributed by atoms with Gasteiger partial charge in [-0.25, -0.2) is 5.01 Å². The van der Waals surface area contributed by atoms with Gasteiger partial charge in [-0.3, -0.25) is 0 Å². The fraction of sp³-hybridized carbons (Fsp3) is 0.235. The third-order valence-electron chi connectivity index (χ3n) is 3.65. The molecule has 1 heterocycles. The van der Waals surface area contributed by atoms with Crippen molar-refractivity contribution in [3.8, 4) is 5.75 Å². The number of hydrogen-bond acceptors (Lipinski definition) is 3. The normalized spacial score (nSPS) is 20.8. The second-order valence-electron chi connectivity index (χ2n) is 5.30. The summed E-state index contributed by atoms with van der Waals surface area (Å²) in [6.07, 6.45) is 0. The Morgan fingerprint density at radius 2 is 1.77 bits per heavy atom. The van der Waals surface area contributed by atoms with Crippen LogP contribution in [0.5, 0.6) is 5.75 Å². The first-order valence-corrected chi connectivity index (χ1v) is 7.72. The van der Waals surface area contributed by atoms with Crippen molar-refractivity contribution in [3.63, 3.8) is 0 Å². The third-order valence-corrected chi connectivity index (χ3v) is 3.94. The Kier molecular flexibility index (Phi) is 4.00. The lowest BCUT2D eigenvalue weighted by Gasteiger charge is -2.26. The lowest BCUT2D eigenvalue weighted by molar-refractivity contribution is 0.339. The van der Waals surface area contributed by atoms with Crippen LogP contribution in [0.15, 0.2) is 54.6 Å². The van der Waals surface area contributed by atoms with Gasteiger partial charge < -0.3 is 10.1 Å². The molecule has 2 aromatic rings. The molecule has 0 radical (unpaired) electrons. The molecule has 1 aliphatic heterocycles. The molecule has 114 valence electrons. The Hall–Kier alpha value is -2.11. The van der Waals surface area contributed by atoms with Gasteiger partial charge in [0, 0.05) is 0 Å². The second kappa shape index (κ2) is 5.94. The number of anilines is 1. The zero-order valence-corrected chi connectivity index (χ0v) is 13.5. The van der Waals surface area contributed by atoms with Crippen molar-refractivity contribution >= 4 is 23.0 Å². The molecule has 0 amide bonds. The number of rotatable bonds is 4. The summed E-state index contributed by atoms with van der Waals surface area (Å²) in [5.41, 5.74) is 5.10. The van der Waals surface area contributed by atoms with E-state index in [1.54, 1.807) is 0 Å². The molecular weight excluding hydrogens is 294 g/mol. The minimum absolute atomic E-state index is 0.447. The van der Waals surface area contributed by atoms with Gasteiger partial charge in [-0.1, -0.05) is 30.3 Å². The fourth-order valence-electron chi connectivity index (χ4n) is 2.52. The van der Waals surface area contributed by atoms with E-state index < -0.39 is 5.66 Å². The third kappa shape index (κ3) is 2.77. The summed E-state index contributed by atoms with van der Waals surface area (Å²) in [5, 5.41) is 5.90. The minimum Gasteiger partial charge on any atom is -0.494 e. The number of benzene rings is 2. The van der Waals surface area contributed by atoms with E-state index in [9.17, 15) is 0 Å². The summed E-state index contributed by atoms with van der Waals surface area (Å²) in [7, 11) is 0. The van der Waals surface area contributed by atoms with Crippen LogP contribution in [-0.4, -0.2) is 11.7 Å². The van der Waals surface area contributed by atoms with Crippen molar-refractivity contribution in [1.29, 1.82) is 0 Å². The highest BCUT2D eigenvalue weighted by atomic mass is 32.1. The van der Waals surface area contributed by atoms with Crippen molar-refractivity contribution in [2.75, 3.05) is 11.6 Å². The highest BCUT2D eigenvalue weighted by Gasteiger charge is 2.37. The number of hydrazine groups is 1. The van der Waals surface area contributed by atoms with Crippen LogP contribution in [0, 0.1) is 0 Å². The standard InChI is InChI=1S/C17H19N3OS/c1-3-21-15-11-9-13(10-12-15)17(2)18-16(22)20(19-17)14-7-5-4-6-8-14/h4-12,19H,3H2,1-2H3,(H,18,22)/t17-/m0/s1. The van der Waals surface area contributed by atoms with Gasteiger partial charge in [-0.05, 0) is 55.9 Å². The van der Waals surface area contributed by atoms with E-state index >= 15 is 0 Å². The van der Waals surface area contributed by atoms with Gasteiger partial charge in [0.1, 0.15) is 11.4 Å². The quantitative estimate of drug-likeness (QED) is 0.848. The first-order chi connectivity index (χ1) is 10.6. The molecular formula is C17H19N3OS. The molecule has 0 bridgehead atoms. The second-order valence-corrected chi connectivity index (χ2v) is 5.68. The topological polar surface area (TPSA) is 36.5 Å². The molecule has 0 aromatic heterocycles. The van der Waals surface area contributed by atoms with E-state index in [-0.39, 0.29) is 0 Å². The molecule has 1 saturated heterocycles. The summed E-state index contributed by atoms with van der Waals surface area (Å²) in [5.74, 6) is 0.871. The zero-order valence-electron chi connectivity index (χ0n) is 12.7. The fourth-order valence-corrected chi connectivity index (χ4v) is 2.87. The highest BCUT2D eigenvalue weighted by molar-refractivity contribution is 7.80. The molecule has 3 rings (SSSR count). The Bertz CT molecular complexity index is 659. The molecule has 2 aromatic carbocycles. The van der Waals surface area contributed by atoms with Crippen molar-refractivity contribution < 1.29 is 4.74 Å². The van der Waals surface area contributed by atoms with Crippen molar-refractivity contribution in [3.05, 3.63) is 60.2 Å². The summed E-state index contributed by atoms with van der Waals surface area (Å²) in [6, 6.07) is 18.0. The van der Waals surface area contributed by atoms with Crippen LogP contribution in [0.4, 0.5) is 5.69 Å². The van der Waals surface area contributed by atoms with E-state index in [0.29, 0.717) is 11.7 Å². The molecule has 22 heavy (non-hydrogen) atoms. The molecule has 0 aliphatic carbocycles. The van der Waals surface area contributed by atoms with Crippen molar-refractivity contribution in [2.45, 2.75) is 19.5 Å². The summed E-state index contributed by atoms with van der Waals surface area (Å²) < 4.78 is 5.49. The molecule has 1 atom stereocenters. The maximum atomic E-state index is 5.49. The Balaban J connectivity index is 1.83. The lowest BCUT2D eigenvalue weighted by atomic mass is 10.0. The van der Waals surface area contributed by atoms with E-state index in [1.807, 2.05) is 66.5 Å². The van der Waals surface area contributed by atoms with Gasteiger partial charge in [0.2, 0.25) is 0 Å². The molecule has 1 fully saturated rings. The zero-order chi connectivity index (χ0) is 15.6. The van der Waals surface area contributed by atoms with Crippen LogP contribution in [-0.2, 0) is 5.66 Å². The largest absolute Gasteiger partial charge is 0.494 e. The monoisotopic (exact) mass is 313 g/mol. The Morgan fingerprint density at radius 3 is 2.41 bits per heavy atom. The Labute approximate surface area is 136 Å². The molecule has 0 unspecified atom stereocenters. The minimum atomic E-state index is -0.447. The number of ether oxygens (including phenoxy) is 1. The van der Waals surface area contributed by atoms with Gasteiger partial charge in [0.05, 0.1) is 12.3 Å². The van der Waals surface area contributed by atoms with Gasteiger partial charge in [0.15, 0.2) is 5.11 Å². The van der Waals surface area contributed by atoms with Crippen LogP contribution < -0.4 is 20.5 Å². The number of hydrogen-bond donors (Lipinski definition) is 2.